The van der Waals surface area contributed by atoms with E-state index in [0.29, 0.717) is 37.0 Å². The second kappa shape index (κ2) is 9.05. The lowest BCUT2D eigenvalue weighted by Gasteiger charge is -2.32. The molecule has 4 rings (SSSR count). The van der Waals surface area contributed by atoms with Crippen LogP contribution in [-0.2, 0) is 16.1 Å². The Kier molecular flexibility index (Phi) is 6.03. The van der Waals surface area contributed by atoms with Crippen LogP contribution in [0.25, 0.3) is 11.5 Å². The van der Waals surface area contributed by atoms with E-state index >= 15 is 0 Å². The van der Waals surface area contributed by atoms with Crippen molar-refractivity contribution in [1.29, 1.82) is 0 Å². The number of amides is 2. The van der Waals surface area contributed by atoms with Crippen LogP contribution in [0.1, 0.15) is 27.5 Å². The first-order chi connectivity index (χ1) is 15.0. The fourth-order valence-corrected chi connectivity index (χ4v) is 3.33. The predicted molar refractivity (Wildman–Crippen MR) is 111 cm³/mol. The molecule has 9 heteroatoms. The van der Waals surface area contributed by atoms with E-state index in [1.54, 1.807) is 42.3 Å². The number of nitrogens with one attached hydrogen (secondary N) is 1. The predicted octanol–water partition coefficient (Wildman–Crippen LogP) is 1.91. The summed E-state index contributed by atoms with van der Waals surface area (Å²) in [5.74, 6) is 0.466. The molecule has 2 amide bonds. The Morgan fingerprint density at radius 3 is 2.68 bits per heavy atom. The molecule has 0 spiro atoms. The SMILES string of the molecule is Cc1nnc(-c2ccc(C(=O)N3CCOC(C(=O)NCc4ncccc4C)C3)cc2)o1. The normalized spacial score (nSPS) is 16.2. The van der Waals surface area contributed by atoms with Crippen molar-refractivity contribution in [3.63, 3.8) is 0 Å². The zero-order valence-electron chi connectivity index (χ0n) is 17.4. The number of nitrogens with zero attached hydrogens (tertiary/aromatic N) is 4. The van der Waals surface area contributed by atoms with Crippen molar-refractivity contribution >= 4 is 11.8 Å². The number of hydrogen-bond acceptors (Lipinski definition) is 7. The van der Waals surface area contributed by atoms with Crippen LogP contribution in [-0.4, -0.2) is 57.7 Å². The largest absolute Gasteiger partial charge is 0.421 e. The summed E-state index contributed by atoms with van der Waals surface area (Å²) in [5.41, 5.74) is 3.06. The summed E-state index contributed by atoms with van der Waals surface area (Å²) in [6.45, 7) is 4.89. The molecule has 1 aliphatic heterocycles. The van der Waals surface area contributed by atoms with Gasteiger partial charge in [0.05, 0.1) is 25.4 Å². The van der Waals surface area contributed by atoms with Gasteiger partial charge in [-0.15, -0.1) is 10.2 Å². The van der Waals surface area contributed by atoms with Crippen LogP contribution in [0, 0.1) is 13.8 Å². The Morgan fingerprint density at radius 2 is 1.97 bits per heavy atom. The topological polar surface area (TPSA) is 110 Å². The van der Waals surface area contributed by atoms with E-state index in [2.05, 4.69) is 20.5 Å². The van der Waals surface area contributed by atoms with Crippen LogP contribution in [0.2, 0.25) is 0 Å². The van der Waals surface area contributed by atoms with Crippen molar-refractivity contribution < 1.29 is 18.7 Å². The average molecular weight is 421 g/mol. The lowest BCUT2D eigenvalue weighted by atomic mass is 10.1. The maximum atomic E-state index is 12.9. The van der Waals surface area contributed by atoms with E-state index in [1.807, 2.05) is 19.1 Å². The number of rotatable bonds is 5. The molecule has 0 aliphatic carbocycles. The lowest BCUT2D eigenvalue weighted by Crippen LogP contribution is -2.51. The van der Waals surface area contributed by atoms with E-state index in [0.717, 1.165) is 16.8 Å². The molecule has 1 aliphatic rings. The van der Waals surface area contributed by atoms with Crippen LogP contribution >= 0.6 is 0 Å². The quantitative estimate of drug-likeness (QED) is 0.670. The van der Waals surface area contributed by atoms with E-state index in [-0.39, 0.29) is 18.4 Å². The number of hydrogen-bond donors (Lipinski definition) is 1. The van der Waals surface area contributed by atoms with E-state index < -0.39 is 6.10 Å². The van der Waals surface area contributed by atoms with E-state index in [9.17, 15) is 9.59 Å². The van der Waals surface area contributed by atoms with Gasteiger partial charge in [-0.2, -0.15) is 0 Å². The van der Waals surface area contributed by atoms with Crippen molar-refractivity contribution in [1.82, 2.24) is 25.4 Å². The summed E-state index contributed by atoms with van der Waals surface area (Å²) >= 11 is 0. The molecule has 1 unspecified atom stereocenters. The van der Waals surface area contributed by atoms with Gasteiger partial charge in [0.2, 0.25) is 11.8 Å². The van der Waals surface area contributed by atoms with Gasteiger partial charge in [-0.25, -0.2) is 0 Å². The van der Waals surface area contributed by atoms with Gasteiger partial charge in [0, 0.05) is 30.8 Å². The molecule has 3 heterocycles. The molecule has 9 nitrogen and oxygen atoms in total. The molecule has 1 fully saturated rings. The molecule has 1 N–H and O–H groups in total. The smallest absolute Gasteiger partial charge is 0.254 e. The molecular weight excluding hydrogens is 398 g/mol. The molecule has 0 saturated carbocycles. The fourth-order valence-electron chi connectivity index (χ4n) is 3.33. The van der Waals surface area contributed by atoms with Gasteiger partial charge in [0.25, 0.3) is 11.8 Å². The summed E-state index contributed by atoms with van der Waals surface area (Å²) in [6.07, 6.45) is 0.971. The molecule has 3 aromatic rings. The lowest BCUT2D eigenvalue weighted by molar-refractivity contribution is -0.137. The Labute approximate surface area is 179 Å². The highest BCUT2D eigenvalue weighted by molar-refractivity contribution is 5.95. The Morgan fingerprint density at radius 1 is 1.16 bits per heavy atom. The average Bonchev–Trinajstić information content (AvgIpc) is 3.24. The molecule has 1 aromatic carbocycles. The fraction of sp³-hybridized carbons (Fsp3) is 0.318. The van der Waals surface area contributed by atoms with Crippen LogP contribution in [0.15, 0.2) is 47.0 Å². The highest BCUT2D eigenvalue weighted by Crippen LogP contribution is 2.19. The molecule has 0 bridgehead atoms. The maximum Gasteiger partial charge on any atom is 0.254 e. The highest BCUT2D eigenvalue weighted by Gasteiger charge is 2.29. The minimum atomic E-state index is -0.720. The first-order valence-corrected chi connectivity index (χ1v) is 10.0. The first kappa shape index (κ1) is 20.7. The second-order valence-electron chi connectivity index (χ2n) is 7.30. The van der Waals surface area contributed by atoms with Gasteiger partial charge in [-0.3, -0.25) is 14.6 Å². The van der Waals surface area contributed by atoms with Gasteiger partial charge in [0.15, 0.2) is 6.10 Å². The van der Waals surface area contributed by atoms with Gasteiger partial charge in [-0.1, -0.05) is 6.07 Å². The third-order valence-electron chi connectivity index (χ3n) is 5.10. The number of pyridine rings is 1. The molecule has 0 radical (unpaired) electrons. The highest BCUT2D eigenvalue weighted by atomic mass is 16.5. The molecule has 160 valence electrons. The summed E-state index contributed by atoms with van der Waals surface area (Å²) in [4.78, 5) is 31.4. The number of aromatic nitrogens is 3. The van der Waals surface area contributed by atoms with Gasteiger partial charge >= 0.3 is 0 Å². The van der Waals surface area contributed by atoms with Crippen LogP contribution in [0.3, 0.4) is 0 Å². The Balaban J connectivity index is 1.37. The Hall–Kier alpha value is -3.59. The standard InChI is InChI=1S/C22H23N5O4/c1-14-4-3-9-23-18(14)12-24-20(28)19-13-27(10-11-30-19)22(29)17-7-5-16(6-8-17)21-26-25-15(2)31-21/h3-9,19H,10-13H2,1-2H3,(H,24,28). The molecule has 1 saturated heterocycles. The zero-order valence-corrected chi connectivity index (χ0v) is 17.4. The molecule has 31 heavy (non-hydrogen) atoms. The molecule has 2 aromatic heterocycles. The third kappa shape index (κ3) is 4.77. The van der Waals surface area contributed by atoms with E-state index in [1.165, 1.54) is 0 Å². The van der Waals surface area contributed by atoms with Crippen LogP contribution in [0.5, 0.6) is 0 Å². The molecule has 1 atom stereocenters. The van der Waals surface area contributed by atoms with Crippen molar-refractivity contribution in [2.24, 2.45) is 0 Å². The van der Waals surface area contributed by atoms with Gasteiger partial charge in [0.1, 0.15) is 0 Å². The summed E-state index contributed by atoms with van der Waals surface area (Å²) in [6, 6.07) is 10.7. The monoisotopic (exact) mass is 421 g/mol. The van der Waals surface area contributed by atoms with Crippen molar-refractivity contribution in [2.45, 2.75) is 26.5 Å². The maximum absolute atomic E-state index is 12.9. The number of aryl methyl sites for hydroxylation is 2. The first-order valence-electron chi connectivity index (χ1n) is 10.0. The summed E-state index contributed by atoms with van der Waals surface area (Å²) in [5, 5.41) is 10.6. The number of benzene rings is 1. The summed E-state index contributed by atoms with van der Waals surface area (Å²) in [7, 11) is 0. The summed E-state index contributed by atoms with van der Waals surface area (Å²) < 4.78 is 11.0. The van der Waals surface area contributed by atoms with Crippen LogP contribution in [0.4, 0.5) is 0 Å². The third-order valence-corrected chi connectivity index (χ3v) is 5.10. The van der Waals surface area contributed by atoms with Gasteiger partial charge < -0.3 is 19.4 Å². The number of morpholine rings is 1. The molecular formula is C22H23N5O4. The van der Waals surface area contributed by atoms with Crippen molar-refractivity contribution in [2.75, 3.05) is 19.7 Å². The van der Waals surface area contributed by atoms with Crippen LogP contribution < -0.4 is 5.32 Å². The van der Waals surface area contributed by atoms with Gasteiger partial charge in [-0.05, 0) is 42.8 Å². The zero-order chi connectivity index (χ0) is 21.8. The minimum absolute atomic E-state index is 0.157. The van der Waals surface area contributed by atoms with E-state index in [4.69, 9.17) is 9.15 Å². The second-order valence-corrected chi connectivity index (χ2v) is 7.30. The number of carbonyl (C=O) groups excluding carboxylic acids is 2. The van der Waals surface area contributed by atoms with Crippen molar-refractivity contribution in [3.05, 3.63) is 65.3 Å². The minimum Gasteiger partial charge on any atom is -0.421 e. The number of carbonyl (C=O) groups is 2. The Bertz CT molecular complexity index is 1080. The number of ether oxygens (including phenoxy) is 1. The van der Waals surface area contributed by atoms with Crippen molar-refractivity contribution in [3.8, 4) is 11.5 Å².